The van der Waals surface area contributed by atoms with Crippen molar-refractivity contribution in [3.8, 4) is 5.75 Å². The van der Waals surface area contributed by atoms with Gasteiger partial charge in [-0.2, -0.15) is 13.2 Å². The number of carbonyl (C=O) groups excluding carboxylic acids is 2. The Morgan fingerprint density at radius 1 is 1.09 bits per heavy atom. The maximum Gasteiger partial charge on any atom is 0.422 e. The molecule has 0 aromatic heterocycles. The normalized spacial score (nSPS) is 22.7. The molecule has 2 saturated heterocycles. The van der Waals surface area contributed by atoms with Gasteiger partial charge in [-0.3, -0.25) is 19.4 Å². The van der Waals surface area contributed by atoms with E-state index in [1.807, 2.05) is 0 Å². The number of nitrogens with one attached hydrogen (secondary N) is 1. The molecule has 0 spiro atoms. The van der Waals surface area contributed by atoms with Gasteiger partial charge < -0.3 is 15.0 Å². The second kappa shape index (κ2) is 10.0. The molecule has 11 heteroatoms. The van der Waals surface area contributed by atoms with Crippen LogP contribution in [0.1, 0.15) is 13.3 Å². The summed E-state index contributed by atoms with van der Waals surface area (Å²) in [6.07, 6.45) is -3.85. The number of piperazine rings is 1. The fourth-order valence-corrected chi connectivity index (χ4v) is 4.16. The lowest BCUT2D eigenvalue weighted by Crippen LogP contribution is -2.47. The summed E-state index contributed by atoms with van der Waals surface area (Å²) in [6, 6.07) is 3.00. The number of likely N-dealkylation sites (tertiary alicyclic amines) is 1. The van der Waals surface area contributed by atoms with Gasteiger partial charge >= 0.3 is 6.18 Å². The highest BCUT2D eigenvalue weighted by atomic mass is 19.4. The first-order valence-corrected chi connectivity index (χ1v) is 10.6. The number of amides is 2. The first kappa shape index (κ1) is 24.2. The summed E-state index contributed by atoms with van der Waals surface area (Å²) in [4.78, 5) is 29.9. The third-order valence-corrected chi connectivity index (χ3v) is 5.88. The van der Waals surface area contributed by atoms with E-state index in [4.69, 9.17) is 4.74 Å². The number of benzene rings is 1. The summed E-state index contributed by atoms with van der Waals surface area (Å²) >= 11 is 0. The summed E-state index contributed by atoms with van der Waals surface area (Å²) in [5, 5.41) is 2.88. The minimum Gasteiger partial charge on any atom is -0.482 e. The van der Waals surface area contributed by atoms with E-state index in [2.05, 4.69) is 10.2 Å². The Bertz CT molecular complexity index is 828. The molecule has 3 rings (SSSR count). The van der Waals surface area contributed by atoms with Gasteiger partial charge in [-0.15, -0.1) is 0 Å². The Labute approximate surface area is 184 Å². The van der Waals surface area contributed by atoms with Gasteiger partial charge in [0.05, 0.1) is 17.6 Å². The highest BCUT2D eigenvalue weighted by molar-refractivity contribution is 6.06. The third-order valence-electron chi connectivity index (χ3n) is 5.88. The standard InChI is InChI=1S/C21H28F4N4O3/c1-14-18(26-2)20(31)29(19(14)30)7-3-6-27-8-10-28(11-9-27)16-12-15(22)4-5-17(16)32-13-21(23,24)25/h4-5,12,14,18,26H,3,6-11,13H2,1-2H3. The summed E-state index contributed by atoms with van der Waals surface area (Å²) in [5.41, 5.74) is 0.300. The predicted molar refractivity (Wildman–Crippen MR) is 110 cm³/mol. The Hall–Kier alpha value is -2.40. The van der Waals surface area contributed by atoms with E-state index in [0.29, 0.717) is 51.4 Å². The monoisotopic (exact) mass is 460 g/mol. The Kier molecular flexibility index (Phi) is 7.60. The molecule has 0 radical (unpaired) electrons. The van der Waals surface area contributed by atoms with Crippen molar-refractivity contribution in [3.63, 3.8) is 0 Å². The summed E-state index contributed by atoms with van der Waals surface area (Å²) in [6.45, 7) is 3.54. The van der Waals surface area contributed by atoms with Gasteiger partial charge in [0.2, 0.25) is 11.8 Å². The average Bonchev–Trinajstić information content (AvgIpc) is 2.95. The Balaban J connectivity index is 1.50. The van der Waals surface area contributed by atoms with Gasteiger partial charge in [0, 0.05) is 38.8 Å². The number of anilines is 1. The second-order valence-electron chi connectivity index (χ2n) is 8.08. The maximum absolute atomic E-state index is 13.7. The molecule has 2 aliphatic heterocycles. The highest BCUT2D eigenvalue weighted by Crippen LogP contribution is 2.31. The highest BCUT2D eigenvalue weighted by Gasteiger charge is 2.43. The maximum atomic E-state index is 13.7. The molecule has 7 nitrogen and oxygen atoms in total. The fourth-order valence-electron chi connectivity index (χ4n) is 4.16. The number of imide groups is 1. The molecule has 2 fully saturated rings. The Morgan fingerprint density at radius 2 is 1.78 bits per heavy atom. The van der Waals surface area contributed by atoms with Crippen LogP contribution in [-0.2, 0) is 9.59 Å². The molecular weight excluding hydrogens is 432 g/mol. The van der Waals surface area contributed by atoms with Gasteiger partial charge in [0.25, 0.3) is 0 Å². The number of halogens is 4. The number of hydrogen-bond donors (Lipinski definition) is 1. The molecule has 2 unspecified atom stereocenters. The number of hydrogen-bond acceptors (Lipinski definition) is 6. The average molecular weight is 460 g/mol. The largest absolute Gasteiger partial charge is 0.482 e. The van der Waals surface area contributed by atoms with Crippen molar-refractivity contribution in [2.75, 3.05) is 57.8 Å². The van der Waals surface area contributed by atoms with Crippen LogP contribution >= 0.6 is 0 Å². The zero-order valence-electron chi connectivity index (χ0n) is 18.1. The van der Waals surface area contributed by atoms with Crippen LogP contribution in [0.2, 0.25) is 0 Å². The number of rotatable bonds is 8. The lowest BCUT2D eigenvalue weighted by Gasteiger charge is -2.37. The van der Waals surface area contributed by atoms with Crippen LogP contribution in [-0.4, -0.2) is 86.8 Å². The smallest absolute Gasteiger partial charge is 0.422 e. The van der Waals surface area contributed by atoms with Crippen molar-refractivity contribution >= 4 is 17.5 Å². The van der Waals surface area contributed by atoms with Crippen LogP contribution in [0.3, 0.4) is 0 Å². The van der Waals surface area contributed by atoms with E-state index in [1.54, 1.807) is 18.9 Å². The van der Waals surface area contributed by atoms with Gasteiger partial charge in [-0.25, -0.2) is 4.39 Å². The van der Waals surface area contributed by atoms with Gasteiger partial charge in [-0.05, 0) is 32.1 Å². The molecule has 0 bridgehead atoms. The topological polar surface area (TPSA) is 65.1 Å². The zero-order chi connectivity index (χ0) is 23.5. The second-order valence-corrected chi connectivity index (χ2v) is 8.08. The van der Waals surface area contributed by atoms with Crippen LogP contribution in [0.4, 0.5) is 23.2 Å². The van der Waals surface area contributed by atoms with Crippen LogP contribution in [0.5, 0.6) is 5.75 Å². The van der Waals surface area contributed by atoms with Crippen molar-refractivity contribution in [3.05, 3.63) is 24.0 Å². The summed E-state index contributed by atoms with van der Waals surface area (Å²) in [5.74, 6) is -1.30. The third kappa shape index (κ3) is 5.69. The number of nitrogens with zero attached hydrogens (tertiary/aromatic N) is 3. The van der Waals surface area contributed by atoms with Gasteiger partial charge in [0.1, 0.15) is 11.6 Å². The van der Waals surface area contributed by atoms with Crippen molar-refractivity contribution in [2.45, 2.75) is 25.6 Å². The molecule has 1 N–H and O–H groups in total. The van der Waals surface area contributed by atoms with Crippen LogP contribution in [0, 0.1) is 11.7 Å². The van der Waals surface area contributed by atoms with Gasteiger partial charge in [0.15, 0.2) is 6.61 Å². The fraction of sp³-hybridized carbons (Fsp3) is 0.619. The molecule has 2 amide bonds. The number of carbonyl (C=O) groups is 2. The minimum absolute atomic E-state index is 0.00330. The summed E-state index contributed by atoms with van der Waals surface area (Å²) in [7, 11) is 1.66. The van der Waals surface area contributed by atoms with Crippen molar-refractivity contribution in [2.24, 2.45) is 5.92 Å². The zero-order valence-corrected chi connectivity index (χ0v) is 18.1. The molecule has 0 aliphatic carbocycles. The van der Waals surface area contributed by atoms with E-state index >= 15 is 0 Å². The lowest BCUT2D eigenvalue weighted by atomic mass is 10.1. The lowest BCUT2D eigenvalue weighted by molar-refractivity contribution is -0.153. The molecule has 2 aliphatic rings. The SMILES string of the molecule is CNC1C(=O)N(CCCN2CCN(c3cc(F)ccc3OCC(F)(F)F)CC2)C(=O)C1C. The molecule has 0 saturated carbocycles. The first-order valence-electron chi connectivity index (χ1n) is 10.6. The number of likely N-dealkylation sites (N-methyl/N-ethyl adjacent to an activating group) is 1. The van der Waals surface area contributed by atoms with E-state index in [-0.39, 0.29) is 23.5 Å². The van der Waals surface area contributed by atoms with Gasteiger partial charge in [-0.1, -0.05) is 6.92 Å². The summed E-state index contributed by atoms with van der Waals surface area (Å²) < 4.78 is 56.2. The van der Waals surface area contributed by atoms with E-state index in [0.717, 1.165) is 6.07 Å². The number of alkyl halides is 3. The van der Waals surface area contributed by atoms with Crippen molar-refractivity contribution in [1.29, 1.82) is 0 Å². The number of ether oxygens (including phenoxy) is 1. The van der Waals surface area contributed by atoms with Crippen LogP contribution in [0.25, 0.3) is 0 Å². The van der Waals surface area contributed by atoms with E-state index in [1.165, 1.54) is 17.0 Å². The minimum atomic E-state index is -4.48. The van der Waals surface area contributed by atoms with E-state index in [9.17, 15) is 27.2 Å². The predicted octanol–water partition coefficient (Wildman–Crippen LogP) is 1.87. The Morgan fingerprint density at radius 3 is 2.38 bits per heavy atom. The molecule has 1 aromatic carbocycles. The molecule has 2 heterocycles. The quantitative estimate of drug-likeness (QED) is 0.472. The molecule has 178 valence electrons. The molecular formula is C21H28F4N4O3. The molecule has 1 aromatic rings. The van der Waals surface area contributed by atoms with Crippen LogP contribution < -0.4 is 15.0 Å². The van der Waals surface area contributed by atoms with Crippen molar-refractivity contribution in [1.82, 2.24) is 15.1 Å². The van der Waals surface area contributed by atoms with Crippen LogP contribution in [0.15, 0.2) is 18.2 Å². The molecule has 32 heavy (non-hydrogen) atoms. The first-order chi connectivity index (χ1) is 15.1. The van der Waals surface area contributed by atoms with E-state index < -0.39 is 24.6 Å². The molecule has 2 atom stereocenters. The van der Waals surface area contributed by atoms with Crippen molar-refractivity contribution < 1.29 is 31.9 Å².